The lowest BCUT2D eigenvalue weighted by molar-refractivity contribution is -0.682. The van der Waals surface area contributed by atoms with Crippen LogP contribution in [0.2, 0.25) is 0 Å². The number of benzene rings is 1. The molecule has 2 nitrogen and oxygen atoms in total. The van der Waals surface area contributed by atoms with E-state index in [0.717, 1.165) is 17.1 Å². The van der Waals surface area contributed by atoms with Gasteiger partial charge < -0.3 is 0 Å². The standard InChI is InChI=1S/C14H13N2S/c1-2-16-10-6-5-8-12(16)14-15-11-7-3-4-9-13(11)17-14/h3-10H,2H2,1H3/q+1. The maximum atomic E-state index is 4.69. The minimum Gasteiger partial charge on any atom is -0.230 e. The molecule has 0 fully saturated rings. The van der Waals surface area contributed by atoms with Crippen LogP contribution >= 0.6 is 11.3 Å². The fourth-order valence-electron chi connectivity index (χ4n) is 1.93. The molecule has 3 aromatic rings. The number of aromatic nitrogens is 2. The van der Waals surface area contributed by atoms with Crippen molar-refractivity contribution in [2.75, 3.05) is 0 Å². The van der Waals surface area contributed by atoms with Gasteiger partial charge in [0.2, 0.25) is 5.69 Å². The van der Waals surface area contributed by atoms with Crippen LogP contribution in [0, 0.1) is 0 Å². The normalized spacial score (nSPS) is 10.9. The third-order valence-corrected chi connectivity index (χ3v) is 3.85. The molecule has 3 heteroatoms. The average molecular weight is 241 g/mol. The number of hydrogen-bond acceptors (Lipinski definition) is 2. The van der Waals surface area contributed by atoms with Crippen molar-refractivity contribution in [3.05, 3.63) is 48.7 Å². The largest absolute Gasteiger partial charge is 0.241 e. The minimum atomic E-state index is 0.964. The van der Waals surface area contributed by atoms with Crippen molar-refractivity contribution >= 4 is 21.6 Å². The summed E-state index contributed by atoms with van der Waals surface area (Å²) in [5.41, 5.74) is 2.27. The van der Waals surface area contributed by atoms with Gasteiger partial charge in [0.25, 0.3) is 0 Å². The molecule has 2 heterocycles. The van der Waals surface area contributed by atoms with Crippen molar-refractivity contribution in [1.82, 2.24) is 4.98 Å². The fraction of sp³-hybridized carbons (Fsp3) is 0.143. The number of fused-ring (bicyclic) bond motifs is 1. The van der Waals surface area contributed by atoms with Gasteiger partial charge in [0, 0.05) is 12.1 Å². The summed E-state index contributed by atoms with van der Waals surface area (Å²) in [6.45, 7) is 3.11. The predicted octanol–water partition coefficient (Wildman–Crippen LogP) is 3.27. The first-order valence-corrected chi connectivity index (χ1v) is 6.54. The van der Waals surface area contributed by atoms with Gasteiger partial charge in [0.1, 0.15) is 6.54 Å². The SMILES string of the molecule is CC[n+]1ccccc1-c1nc2ccccc2s1. The Kier molecular flexibility index (Phi) is 2.61. The van der Waals surface area contributed by atoms with E-state index in [0.29, 0.717) is 0 Å². The van der Waals surface area contributed by atoms with Crippen LogP contribution in [0.5, 0.6) is 0 Å². The first-order valence-electron chi connectivity index (χ1n) is 5.73. The van der Waals surface area contributed by atoms with Crippen molar-refractivity contribution in [1.29, 1.82) is 0 Å². The van der Waals surface area contributed by atoms with Gasteiger partial charge in [0.05, 0.1) is 10.2 Å². The molecule has 3 rings (SSSR count). The Labute approximate surface area is 104 Å². The van der Waals surface area contributed by atoms with Crippen LogP contribution in [0.4, 0.5) is 0 Å². The molecule has 0 amide bonds. The van der Waals surface area contributed by atoms with Gasteiger partial charge in [-0.15, -0.1) is 11.3 Å². The number of thiazole rings is 1. The molecular formula is C14H13N2S+. The summed E-state index contributed by atoms with van der Waals surface area (Å²) >= 11 is 1.75. The van der Waals surface area contributed by atoms with E-state index in [2.05, 4.69) is 59.1 Å². The van der Waals surface area contributed by atoms with E-state index in [1.54, 1.807) is 11.3 Å². The molecule has 0 aliphatic carbocycles. The maximum Gasteiger partial charge on any atom is 0.241 e. The third-order valence-electron chi connectivity index (χ3n) is 2.79. The molecule has 1 aromatic carbocycles. The number of rotatable bonds is 2. The Hall–Kier alpha value is -1.74. The second-order valence-corrected chi connectivity index (χ2v) is 4.89. The first-order chi connectivity index (χ1) is 8.38. The molecule has 0 aliphatic rings. The van der Waals surface area contributed by atoms with E-state index in [9.17, 15) is 0 Å². The summed E-state index contributed by atoms with van der Waals surface area (Å²) in [5, 5.41) is 1.09. The summed E-state index contributed by atoms with van der Waals surface area (Å²) in [7, 11) is 0. The van der Waals surface area contributed by atoms with E-state index in [1.165, 1.54) is 10.4 Å². The van der Waals surface area contributed by atoms with Gasteiger partial charge in [0.15, 0.2) is 11.2 Å². The molecular weight excluding hydrogens is 228 g/mol. The highest BCUT2D eigenvalue weighted by Gasteiger charge is 2.14. The van der Waals surface area contributed by atoms with Gasteiger partial charge in [-0.3, -0.25) is 0 Å². The number of nitrogens with zero attached hydrogens (tertiary/aromatic N) is 2. The topological polar surface area (TPSA) is 16.8 Å². The van der Waals surface area contributed by atoms with E-state index in [1.807, 2.05) is 6.07 Å². The maximum absolute atomic E-state index is 4.69. The van der Waals surface area contributed by atoms with Crippen LogP contribution in [0.15, 0.2) is 48.7 Å². The van der Waals surface area contributed by atoms with E-state index >= 15 is 0 Å². The number of aryl methyl sites for hydroxylation is 1. The van der Waals surface area contributed by atoms with Gasteiger partial charge in [-0.25, -0.2) is 4.98 Å². The molecule has 0 unspecified atom stereocenters. The lowest BCUT2D eigenvalue weighted by Gasteiger charge is -1.96. The zero-order valence-electron chi connectivity index (χ0n) is 9.63. The van der Waals surface area contributed by atoms with Gasteiger partial charge in [-0.2, -0.15) is 4.57 Å². The summed E-state index contributed by atoms with van der Waals surface area (Å²) in [6, 6.07) is 14.5. The van der Waals surface area contributed by atoms with Crippen LogP contribution < -0.4 is 4.57 Å². The molecule has 0 aliphatic heterocycles. The van der Waals surface area contributed by atoms with Crippen LogP contribution in [0.25, 0.3) is 20.9 Å². The predicted molar refractivity (Wildman–Crippen MR) is 70.9 cm³/mol. The second-order valence-electron chi connectivity index (χ2n) is 3.86. The Balaban J connectivity index is 2.20. The molecule has 84 valence electrons. The molecule has 2 aromatic heterocycles. The fourth-order valence-corrected chi connectivity index (χ4v) is 2.94. The van der Waals surface area contributed by atoms with Gasteiger partial charge in [-0.1, -0.05) is 12.1 Å². The first kappa shape index (κ1) is 10.4. The van der Waals surface area contributed by atoms with Crippen LogP contribution in [-0.4, -0.2) is 4.98 Å². The zero-order valence-corrected chi connectivity index (χ0v) is 10.4. The lowest BCUT2D eigenvalue weighted by Crippen LogP contribution is -2.34. The molecule has 0 radical (unpaired) electrons. The van der Waals surface area contributed by atoms with Crippen LogP contribution in [0.1, 0.15) is 6.92 Å². The highest BCUT2D eigenvalue weighted by molar-refractivity contribution is 7.21. The molecule has 0 spiro atoms. The highest BCUT2D eigenvalue weighted by atomic mass is 32.1. The molecule has 0 saturated heterocycles. The van der Waals surface area contributed by atoms with Crippen LogP contribution in [0.3, 0.4) is 0 Å². The zero-order chi connectivity index (χ0) is 11.7. The van der Waals surface area contributed by atoms with Crippen molar-refractivity contribution in [2.24, 2.45) is 0 Å². The third kappa shape index (κ3) is 1.83. The minimum absolute atomic E-state index is 0.964. The summed E-state index contributed by atoms with van der Waals surface area (Å²) in [6.07, 6.45) is 2.10. The number of para-hydroxylation sites is 1. The average Bonchev–Trinajstić information content (AvgIpc) is 2.82. The van der Waals surface area contributed by atoms with Crippen LogP contribution in [-0.2, 0) is 6.54 Å². The molecule has 0 saturated carbocycles. The Morgan fingerprint density at radius 1 is 1.12 bits per heavy atom. The number of hydrogen-bond donors (Lipinski definition) is 0. The molecule has 0 bridgehead atoms. The number of pyridine rings is 1. The van der Waals surface area contributed by atoms with E-state index < -0.39 is 0 Å². The molecule has 0 N–H and O–H groups in total. The summed E-state index contributed by atoms with van der Waals surface area (Å²) < 4.78 is 3.46. The highest BCUT2D eigenvalue weighted by Crippen LogP contribution is 2.27. The van der Waals surface area contributed by atoms with Crippen molar-refractivity contribution in [3.8, 4) is 10.7 Å². The summed E-state index contributed by atoms with van der Waals surface area (Å²) in [5.74, 6) is 0. The van der Waals surface area contributed by atoms with Crippen molar-refractivity contribution in [2.45, 2.75) is 13.5 Å². The quantitative estimate of drug-likeness (QED) is 0.629. The van der Waals surface area contributed by atoms with Crippen molar-refractivity contribution < 1.29 is 4.57 Å². The Bertz CT molecular complexity index is 625. The molecule has 0 atom stereocenters. The van der Waals surface area contributed by atoms with Gasteiger partial charge >= 0.3 is 0 Å². The summed E-state index contributed by atoms with van der Waals surface area (Å²) in [4.78, 5) is 4.69. The van der Waals surface area contributed by atoms with Gasteiger partial charge in [-0.05, 0) is 25.1 Å². The monoisotopic (exact) mass is 241 g/mol. The van der Waals surface area contributed by atoms with E-state index in [-0.39, 0.29) is 0 Å². The second kappa shape index (κ2) is 4.26. The Morgan fingerprint density at radius 3 is 2.76 bits per heavy atom. The van der Waals surface area contributed by atoms with Crippen molar-refractivity contribution in [3.63, 3.8) is 0 Å². The lowest BCUT2D eigenvalue weighted by atomic mass is 10.3. The van der Waals surface area contributed by atoms with E-state index in [4.69, 9.17) is 0 Å². The molecule has 17 heavy (non-hydrogen) atoms. The smallest absolute Gasteiger partial charge is 0.230 e. The Morgan fingerprint density at radius 2 is 1.94 bits per heavy atom.